The Morgan fingerprint density at radius 1 is 0.952 bits per heavy atom. The van der Waals surface area contributed by atoms with Crippen LogP contribution in [0, 0.1) is 0 Å². The van der Waals surface area contributed by atoms with Crippen LogP contribution >= 0.6 is 0 Å². The number of phenols is 1. The number of hydrogen-bond donors (Lipinski definition) is 2. The van der Waals surface area contributed by atoms with E-state index >= 15 is 0 Å². The monoisotopic (exact) mass is 286 g/mol. The van der Waals surface area contributed by atoms with Crippen LogP contribution in [0.15, 0.2) is 36.4 Å². The van der Waals surface area contributed by atoms with Crippen molar-refractivity contribution in [1.82, 2.24) is 0 Å². The van der Waals surface area contributed by atoms with E-state index in [1.165, 1.54) is 7.11 Å². The van der Waals surface area contributed by atoms with Crippen molar-refractivity contribution in [2.75, 3.05) is 14.2 Å². The van der Waals surface area contributed by atoms with Gasteiger partial charge in [0.1, 0.15) is 5.75 Å². The van der Waals surface area contributed by atoms with E-state index in [2.05, 4.69) is 0 Å². The third kappa shape index (κ3) is 3.77. The van der Waals surface area contributed by atoms with Gasteiger partial charge in [-0.3, -0.25) is 0 Å². The lowest BCUT2D eigenvalue weighted by Gasteiger charge is -2.05. The lowest BCUT2D eigenvalue weighted by Crippen LogP contribution is -1.89. The van der Waals surface area contributed by atoms with Crippen molar-refractivity contribution in [3.8, 4) is 17.2 Å². The number of aromatic hydroxyl groups is 1. The van der Waals surface area contributed by atoms with Crippen LogP contribution in [0.25, 0.3) is 12.2 Å². The van der Waals surface area contributed by atoms with Gasteiger partial charge >= 0.3 is 0 Å². The lowest BCUT2D eigenvalue weighted by molar-refractivity contribution is 0.281. The van der Waals surface area contributed by atoms with Crippen LogP contribution in [-0.4, -0.2) is 24.4 Å². The van der Waals surface area contributed by atoms with E-state index in [1.54, 1.807) is 25.3 Å². The van der Waals surface area contributed by atoms with Gasteiger partial charge in [0, 0.05) is 0 Å². The van der Waals surface area contributed by atoms with Crippen molar-refractivity contribution < 1.29 is 19.7 Å². The molecule has 0 radical (unpaired) electrons. The largest absolute Gasteiger partial charge is 0.504 e. The summed E-state index contributed by atoms with van der Waals surface area (Å²) in [6, 6.07) is 10.7. The highest BCUT2D eigenvalue weighted by Crippen LogP contribution is 2.27. The van der Waals surface area contributed by atoms with E-state index in [-0.39, 0.29) is 12.4 Å². The van der Waals surface area contributed by atoms with Crippen LogP contribution in [0.1, 0.15) is 16.7 Å². The zero-order chi connectivity index (χ0) is 15.2. The first-order valence-corrected chi connectivity index (χ1v) is 6.50. The maximum atomic E-state index is 9.74. The van der Waals surface area contributed by atoms with E-state index in [9.17, 15) is 10.2 Å². The Labute approximate surface area is 123 Å². The molecular formula is C17H18O4. The Morgan fingerprint density at radius 2 is 1.71 bits per heavy atom. The average Bonchev–Trinajstić information content (AvgIpc) is 2.52. The molecule has 0 heterocycles. The molecule has 2 rings (SSSR count). The molecule has 0 aliphatic heterocycles. The molecule has 0 saturated heterocycles. The maximum absolute atomic E-state index is 9.74. The van der Waals surface area contributed by atoms with Gasteiger partial charge in [0.05, 0.1) is 20.8 Å². The highest BCUT2D eigenvalue weighted by molar-refractivity contribution is 5.71. The summed E-state index contributed by atoms with van der Waals surface area (Å²) in [5.41, 5.74) is 2.54. The summed E-state index contributed by atoms with van der Waals surface area (Å²) in [4.78, 5) is 0. The second kappa shape index (κ2) is 6.81. The standard InChI is InChI=1S/C17H18O4/c1-20-15-8-13(7-14(9-15)11-18)4-3-12-5-6-17(21-2)16(19)10-12/h3-10,18-19H,11H2,1-2H3. The molecule has 110 valence electrons. The van der Waals surface area contributed by atoms with Crippen LogP contribution < -0.4 is 9.47 Å². The molecule has 0 unspecified atom stereocenters. The van der Waals surface area contributed by atoms with Crippen LogP contribution in [0.3, 0.4) is 0 Å². The summed E-state index contributed by atoms with van der Waals surface area (Å²) in [6.07, 6.45) is 3.76. The smallest absolute Gasteiger partial charge is 0.160 e. The lowest BCUT2D eigenvalue weighted by atomic mass is 10.1. The summed E-state index contributed by atoms with van der Waals surface area (Å²) in [7, 11) is 3.10. The van der Waals surface area contributed by atoms with Crippen molar-refractivity contribution in [3.05, 3.63) is 53.1 Å². The van der Waals surface area contributed by atoms with Crippen molar-refractivity contribution >= 4 is 12.2 Å². The molecule has 0 bridgehead atoms. The Kier molecular flexibility index (Phi) is 4.85. The minimum absolute atomic E-state index is 0.0403. The van der Waals surface area contributed by atoms with E-state index in [0.29, 0.717) is 11.5 Å². The normalized spacial score (nSPS) is 10.8. The number of phenolic OH excluding ortho intramolecular Hbond substituents is 1. The fourth-order valence-electron chi connectivity index (χ4n) is 1.99. The summed E-state index contributed by atoms with van der Waals surface area (Å²) < 4.78 is 10.2. The van der Waals surface area contributed by atoms with Crippen molar-refractivity contribution in [1.29, 1.82) is 0 Å². The molecule has 0 atom stereocenters. The van der Waals surface area contributed by atoms with Gasteiger partial charge in [-0.25, -0.2) is 0 Å². The molecule has 4 nitrogen and oxygen atoms in total. The van der Waals surface area contributed by atoms with E-state index in [4.69, 9.17) is 9.47 Å². The minimum atomic E-state index is -0.0403. The average molecular weight is 286 g/mol. The van der Waals surface area contributed by atoms with Crippen LogP contribution in [0.4, 0.5) is 0 Å². The number of ether oxygens (including phenoxy) is 2. The summed E-state index contributed by atoms with van der Waals surface area (Å²) in [5, 5.41) is 19.0. The molecule has 0 spiro atoms. The molecule has 0 aliphatic carbocycles. The van der Waals surface area contributed by atoms with Crippen LogP contribution in [-0.2, 0) is 6.61 Å². The van der Waals surface area contributed by atoms with Gasteiger partial charge in [0.2, 0.25) is 0 Å². The Bertz CT molecular complexity index is 625. The highest BCUT2D eigenvalue weighted by Gasteiger charge is 2.01. The van der Waals surface area contributed by atoms with Gasteiger partial charge in [-0.1, -0.05) is 18.2 Å². The zero-order valence-corrected chi connectivity index (χ0v) is 12.0. The molecule has 0 fully saturated rings. The highest BCUT2D eigenvalue weighted by atomic mass is 16.5. The van der Waals surface area contributed by atoms with Gasteiger partial charge in [0.25, 0.3) is 0 Å². The first-order chi connectivity index (χ1) is 10.2. The molecule has 0 aromatic heterocycles. The number of aliphatic hydroxyl groups excluding tert-OH is 1. The van der Waals surface area contributed by atoms with Crippen LogP contribution in [0.5, 0.6) is 17.2 Å². The van der Waals surface area contributed by atoms with Crippen molar-refractivity contribution in [2.45, 2.75) is 6.61 Å². The summed E-state index contributed by atoms with van der Waals surface area (Å²) in [5.74, 6) is 1.23. The Morgan fingerprint density at radius 3 is 2.33 bits per heavy atom. The number of rotatable bonds is 5. The van der Waals surface area contributed by atoms with Gasteiger partial charge < -0.3 is 19.7 Å². The van der Waals surface area contributed by atoms with Crippen molar-refractivity contribution in [2.24, 2.45) is 0 Å². The molecule has 2 N–H and O–H groups in total. The quantitative estimate of drug-likeness (QED) is 0.829. The zero-order valence-electron chi connectivity index (χ0n) is 12.0. The van der Waals surface area contributed by atoms with E-state index < -0.39 is 0 Å². The molecule has 4 heteroatoms. The third-order valence-corrected chi connectivity index (χ3v) is 3.08. The number of methoxy groups -OCH3 is 2. The van der Waals surface area contributed by atoms with Gasteiger partial charge in [-0.05, 0) is 47.0 Å². The first-order valence-electron chi connectivity index (χ1n) is 6.50. The second-order valence-electron chi connectivity index (χ2n) is 4.54. The predicted molar refractivity (Wildman–Crippen MR) is 82.5 cm³/mol. The molecule has 0 aliphatic rings. The molecule has 2 aromatic rings. The van der Waals surface area contributed by atoms with Crippen LogP contribution in [0.2, 0.25) is 0 Å². The minimum Gasteiger partial charge on any atom is -0.504 e. The molecule has 0 amide bonds. The van der Waals surface area contributed by atoms with E-state index in [1.807, 2.05) is 30.4 Å². The maximum Gasteiger partial charge on any atom is 0.160 e. The number of aliphatic hydroxyl groups is 1. The fraction of sp³-hybridized carbons (Fsp3) is 0.176. The number of hydrogen-bond acceptors (Lipinski definition) is 4. The van der Waals surface area contributed by atoms with Gasteiger partial charge in [-0.15, -0.1) is 0 Å². The van der Waals surface area contributed by atoms with Crippen molar-refractivity contribution in [3.63, 3.8) is 0 Å². The third-order valence-electron chi connectivity index (χ3n) is 3.08. The van der Waals surface area contributed by atoms with E-state index in [0.717, 1.165) is 16.7 Å². The first kappa shape index (κ1) is 14.9. The summed E-state index contributed by atoms with van der Waals surface area (Å²) in [6.45, 7) is -0.0403. The van der Waals surface area contributed by atoms with Gasteiger partial charge in [-0.2, -0.15) is 0 Å². The SMILES string of the molecule is COc1cc(C=Cc2ccc(OC)c(O)c2)cc(CO)c1. The molecule has 0 saturated carbocycles. The topological polar surface area (TPSA) is 58.9 Å². The summed E-state index contributed by atoms with van der Waals surface area (Å²) >= 11 is 0. The molecular weight excluding hydrogens is 268 g/mol. The fourth-order valence-corrected chi connectivity index (χ4v) is 1.99. The Hall–Kier alpha value is -2.46. The van der Waals surface area contributed by atoms with Gasteiger partial charge in [0.15, 0.2) is 11.5 Å². The predicted octanol–water partition coefficient (Wildman–Crippen LogP) is 3.07. The Balaban J connectivity index is 2.26. The second-order valence-corrected chi connectivity index (χ2v) is 4.54. The molecule has 21 heavy (non-hydrogen) atoms. The number of benzene rings is 2. The molecule has 2 aromatic carbocycles.